The second-order valence-corrected chi connectivity index (χ2v) is 4.19. The maximum atomic E-state index is 13.7. The number of halogens is 2. The number of alkyl halides is 2. The van der Waals surface area contributed by atoms with Crippen molar-refractivity contribution in [2.24, 2.45) is 5.92 Å². The van der Waals surface area contributed by atoms with Gasteiger partial charge in [0.25, 0.3) is 5.92 Å². The van der Waals surface area contributed by atoms with Gasteiger partial charge in [-0.15, -0.1) is 0 Å². The van der Waals surface area contributed by atoms with Gasteiger partial charge in [-0.25, -0.2) is 8.78 Å². The number of carbonyl (C=O) groups is 1. The Kier molecular flexibility index (Phi) is 2.45. The summed E-state index contributed by atoms with van der Waals surface area (Å²) in [6.07, 6.45) is -0.375. The predicted molar refractivity (Wildman–Crippen MR) is 57.7 cm³/mol. The van der Waals surface area contributed by atoms with Gasteiger partial charge in [-0.2, -0.15) is 0 Å². The number of benzene rings is 1. The standard InChI is InChI=1S/C12H13F2NO/c1-8-11(16)15(2)10-6-4-3-5-9(10)7-12(8,13)14/h3-6,8H,7H2,1-2H3/t8-/m1/s1. The summed E-state index contributed by atoms with van der Waals surface area (Å²) in [4.78, 5) is 13.1. The zero-order valence-electron chi connectivity index (χ0n) is 9.21. The molecule has 0 N–H and O–H groups in total. The molecule has 0 saturated carbocycles. The van der Waals surface area contributed by atoms with Gasteiger partial charge in [0.2, 0.25) is 5.91 Å². The number of para-hydroxylation sites is 1. The van der Waals surface area contributed by atoms with Crippen molar-refractivity contribution in [2.75, 3.05) is 11.9 Å². The highest BCUT2D eigenvalue weighted by atomic mass is 19.3. The van der Waals surface area contributed by atoms with Gasteiger partial charge >= 0.3 is 0 Å². The van der Waals surface area contributed by atoms with Crippen LogP contribution in [0, 0.1) is 5.92 Å². The summed E-state index contributed by atoms with van der Waals surface area (Å²) in [5.41, 5.74) is 1.10. The Morgan fingerprint density at radius 2 is 2.00 bits per heavy atom. The number of rotatable bonds is 0. The minimum atomic E-state index is -2.97. The lowest BCUT2D eigenvalue weighted by Crippen LogP contribution is -2.39. The number of anilines is 1. The smallest absolute Gasteiger partial charge is 0.263 e. The van der Waals surface area contributed by atoms with E-state index >= 15 is 0 Å². The summed E-state index contributed by atoms with van der Waals surface area (Å²) < 4.78 is 27.4. The van der Waals surface area contributed by atoms with Crippen LogP contribution in [-0.4, -0.2) is 18.9 Å². The average molecular weight is 225 g/mol. The first-order chi connectivity index (χ1) is 7.43. The Morgan fingerprint density at radius 3 is 2.69 bits per heavy atom. The first-order valence-electron chi connectivity index (χ1n) is 5.17. The van der Waals surface area contributed by atoms with Crippen LogP contribution in [0.4, 0.5) is 14.5 Å². The van der Waals surface area contributed by atoms with Crippen molar-refractivity contribution in [3.63, 3.8) is 0 Å². The van der Waals surface area contributed by atoms with E-state index in [0.29, 0.717) is 11.3 Å². The van der Waals surface area contributed by atoms with E-state index in [2.05, 4.69) is 0 Å². The highest BCUT2D eigenvalue weighted by Crippen LogP contribution is 2.37. The SMILES string of the molecule is C[C@@H]1C(=O)N(C)c2ccccc2CC1(F)F. The Bertz CT molecular complexity index is 431. The van der Waals surface area contributed by atoms with Gasteiger partial charge in [-0.05, 0) is 18.6 Å². The number of hydrogen-bond acceptors (Lipinski definition) is 1. The van der Waals surface area contributed by atoms with E-state index in [-0.39, 0.29) is 6.42 Å². The van der Waals surface area contributed by atoms with Crippen molar-refractivity contribution in [1.29, 1.82) is 0 Å². The van der Waals surface area contributed by atoms with Gasteiger partial charge in [0.1, 0.15) is 0 Å². The molecule has 2 rings (SSSR count). The summed E-state index contributed by atoms with van der Waals surface area (Å²) in [6.45, 7) is 1.28. The molecule has 1 atom stereocenters. The fraction of sp³-hybridized carbons (Fsp3) is 0.417. The third kappa shape index (κ3) is 1.58. The first kappa shape index (κ1) is 11.0. The van der Waals surface area contributed by atoms with E-state index in [4.69, 9.17) is 0 Å². The molecule has 0 aromatic heterocycles. The van der Waals surface area contributed by atoms with Gasteiger partial charge in [-0.3, -0.25) is 4.79 Å². The van der Waals surface area contributed by atoms with Crippen LogP contribution < -0.4 is 4.90 Å². The van der Waals surface area contributed by atoms with Crippen molar-refractivity contribution in [2.45, 2.75) is 19.3 Å². The lowest BCUT2D eigenvalue weighted by atomic mass is 9.97. The molecule has 1 heterocycles. The molecular formula is C12H13F2NO. The third-order valence-corrected chi connectivity index (χ3v) is 3.11. The van der Waals surface area contributed by atoms with E-state index in [1.807, 2.05) is 0 Å². The molecule has 1 aromatic carbocycles. The van der Waals surface area contributed by atoms with Crippen molar-refractivity contribution < 1.29 is 13.6 Å². The molecule has 0 unspecified atom stereocenters. The van der Waals surface area contributed by atoms with E-state index in [0.717, 1.165) is 0 Å². The van der Waals surface area contributed by atoms with Crippen LogP contribution in [0.15, 0.2) is 24.3 Å². The number of hydrogen-bond donors (Lipinski definition) is 0. The van der Waals surface area contributed by atoms with Gasteiger partial charge in [-0.1, -0.05) is 18.2 Å². The molecule has 86 valence electrons. The molecule has 0 saturated heterocycles. The number of carbonyl (C=O) groups excluding carboxylic acids is 1. The molecular weight excluding hydrogens is 212 g/mol. The fourth-order valence-electron chi connectivity index (χ4n) is 1.98. The van der Waals surface area contributed by atoms with Crippen molar-refractivity contribution in [3.05, 3.63) is 29.8 Å². The summed E-state index contributed by atoms with van der Waals surface area (Å²) in [7, 11) is 1.54. The van der Waals surface area contributed by atoms with E-state index in [1.54, 1.807) is 31.3 Å². The highest BCUT2D eigenvalue weighted by molar-refractivity contribution is 5.96. The largest absolute Gasteiger partial charge is 0.315 e. The van der Waals surface area contributed by atoms with E-state index < -0.39 is 17.7 Å². The zero-order valence-corrected chi connectivity index (χ0v) is 9.21. The zero-order chi connectivity index (χ0) is 11.9. The molecule has 1 aliphatic rings. The quantitative estimate of drug-likeness (QED) is 0.664. The van der Waals surface area contributed by atoms with Crippen molar-refractivity contribution >= 4 is 11.6 Å². The van der Waals surface area contributed by atoms with Crippen LogP contribution in [-0.2, 0) is 11.2 Å². The minimum absolute atomic E-state index is 0.375. The average Bonchev–Trinajstić information content (AvgIpc) is 2.31. The summed E-state index contributed by atoms with van der Waals surface area (Å²) in [5.74, 6) is -4.78. The highest BCUT2D eigenvalue weighted by Gasteiger charge is 2.45. The molecule has 0 aliphatic carbocycles. The Balaban J connectivity index is 2.55. The fourth-order valence-corrected chi connectivity index (χ4v) is 1.98. The van der Waals surface area contributed by atoms with Gasteiger partial charge < -0.3 is 4.90 Å². The van der Waals surface area contributed by atoms with Gasteiger partial charge in [0.05, 0.1) is 5.92 Å². The summed E-state index contributed by atoms with van der Waals surface area (Å²) in [5, 5.41) is 0. The Labute approximate surface area is 92.9 Å². The molecule has 1 amide bonds. The summed E-state index contributed by atoms with van der Waals surface area (Å²) in [6, 6.07) is 6.80. The maximum Gasteiger partial charge on any atom is 0.263 e. The third-order valence-electron chi connectivity index (χ3n) is 3.11. The van der Waals surface area contributed by atoms with E-state index in [1.165, 1.54) is 11.8 Å². The molecule has 1 aromatic rings. The van der Waals surface area contributed by atoms with E-state index in [9.17, 15) is 13.6 Å². The van der Waals surface area contributed by atoms with Crippen LogP contribution in [0.3, 0.4) is 0 Å². The maximum absolute atomic E-state index is 13.7. The molecule has 16 heavy (non-hydrogen) atoms. The lowest BCUT2D eigenvalue weighted by Gasteiger charge is -2.22. The molecule has 0 radical (unpaired) electrons. The van der Waals surface area contributed by atoms with Crippen LogP contribution in [0.1, 0.15) is 12.5 Å². The Morgan fingerprint density at radius 1 is 1.38 bits per heavy atom. The lowest BCUT2D eigenvalue weighted by molar-refractivity contribution is -0.134. The van der Waals surface area contributed by atoms with Crippen molar-refractivity contribution in [1.82, 2.24) is 0 Å². The monoisotopic (exact) mass is 225 g/mol. The van der Waals surface area contributed by atoms with Crippen LogP contribution in [0.5, 0.6) is 0 Å². The van der Waals surface area contributed by atoms with Crippen LogP contribution in [0.25, 0.3) is 0 Å². The normalized spacial score (nSPS) is 23.9. The number of amides is 1. The topological polar surface area (TPSA) is 20.3 Å². The number of fused-ring (bicyclic) bond motifs is 1. The molecule has 0 spiro atoms. The van der Waals surface area contributed by atoms with Gasteiger partial charge in [0, 0.05) is 19.2 Å². The number of nitrogens with zero attached hydrogens (tertiary/aromatic N) is 1. The molecule has 1 aliphatic heterocycles. The second-order valence-electron chi connectivity index (χ2n) is 4.19. The van der Waals surface area contributed by atoms with Crippen molar-refractivity contribution in [3.8, 4) is 0 Å². The predicted octanol–water partition coefficient (Wildman–Crippen LogP) is 2.48. The molecule has 0 fully saturated rings. The first-order valence-corrected chi connectivity index (χ1v) is 5.17. The van der Waals surface area contributed by atoms with Crippen LogP contribution in [0.2, 0.25) is 0 Å². The van der Waals surface area contributed by atoms with Gasteiger partial charge in [0.15, 0.2) is 0 Å². The van der Waals surface area contributed by atoms with Crippen LogP contribution >= 0.6 is 0 Å². The second kappa shape index (κ2) is 3.54. The molecule has 4 heteroatoms. The molecule has 0 bridgehead atoms. The molecule has 2 nitrogen and oxygen atoms in total. The summed E-state index contributed by atoms with van der Waals surface area (Å²) >= 11 is 0. The Hall–Kier alpha value is -1.45. The minimum Gasteiger partial charge on any atom is -0.315 e.